The maximum absolute atomic E-state index is 13.5. The van der Waals surface area contributed by atoms with Crippen LogP contribution < -0.4 is 15.6 Å². The smallest absolute Gasteiger partial charge is 0.418 e. The molecule has 0 spiro atoms. The van der Waals surface area contributed by atoms with Crippen molar-refractivity contribution in [3.05, 3.63) is 70.3 Å². The molecule has 2 atom stereocenters. The van der Waals surface area contributed by atoms with Gasteiger partial charge in [0, 0.05) is 6.04 Å². The molecule has 1 aliphatic rings. The van der Waals surface area contributed by atoms with Crippen LogP contribution in [-0.4, -0.2) is 21.9 Å². The number of ether oxygens (including phenoxy) is 1. The number of nitrogens with zero attached hydrogens (tertiary/aromatic N) is 2. The Labute approximate surface area is 169 Å². The van der Waals surface area contributed by atoms with E-state index in [-0.39, 0.29) is 22.5 Å². The third-order valence-electron chi connectivity index (χ3n) is 4.88. The Bertz CT molecular complexity index is 1060. The van der Waals surface area contributed by atoms with E-state index < -0.39 is 11.7 Å². The number of hydrogen-bond donors (Lipinski definition) is 3. The summed E-state index contributed by atoms with van der Waals surface area (Å²) in [6.45, 7) is 0. The molecule has 3 N–H and O–H groups in total. The minimum atomic E-state index is -4.51. The summed E-state index contributed by atoms with van der Waals surface area (Å²) in [5.74, 6) is 1.14. The number of hydrogen-bond acceptors (Lipinski definition) is 5. The molecule has 6 nitrogen and oxygen atoms in total. The highest BCUT2D eigenvalue weighted by Gasteiger charge is 2.36. The van der Waals surface area contributed by atoms with Gasteiger partial charge >= 0.3 is 6.18 Å². The molecule has 0 aliphatic carbocycles. The molecule has 0 radical (unpaired) electrons. The monoisotopic (exact) mass is 421 g/mol. The first kappa shape index (κ1) is 19.6. The number of benzene rings is 2. The quantitative estimate of drug-likeness (QED) is 0.550. The van der Waals surface area contributed by atoms with Gasteiger partial charge in [0.05, 0.1) is 24.4 Å². The molecular weight excluding hydrogens is 403 g/mol. The normalized spacial score (nSPS) is 19.4. The number of halogens is 3. The van der Waals surface area contributed by atoms with Crippen LogP contribution in [-0.2, 0) is 6.18 Å². The Balaban J connectivity index is 1.66. The van der Waals surface area contributed by atoms with Gasteiger partial charge in [-0.25, -0.2) is 10.9 Å². The molecule has 2 heterocycles. The molecule has 0 saturated carbocycles. The SMILES string of the molecule is COc1ccc(C2CC(c3n[nH]c(=S)n3-c3ccccc3C(F)(F)F)NN2)cc1. The minimum absolute atomic E-state index is 0.0394. The van der Waals surface area contributed by atoms with E-state index in [4.69, 9.17) is 17.0 Å². The van der Waals surface area contributed by atoms with E-state index in [9.17, 15) is 13.2 Å². The summed E-state index contributed by atoms with van der Waals surface area (Å²) in [7, 11) is 1.60. The van der Waals surface area contributed by atoms with E-state index in [1.165, 1.54) is 16.7 Å². The van der Waals surface area contributed by atoms with Gasteiger partial charge in [-0.15, -0.1) is 0 Å². The largest absolute Gasteiger partial charge is 0.497 e. The van der Waals surface area contributed by atoms with Crippen LogP contribution in [0.2, 0.25) is 0 Å². The minimum Gasteiger partial charge on any atom is -0.497 e. The fraction of sp³-hybridized carbons (Fsp3) is 0.263. The summed E-state index contributed by atoms with van der Waals surface area (Å²) >= 11 is 5.24. The third kappa shape index (κ3) is 3.78. The van der Waals surface area contributed by atoms with Crippen LogP contribution in [0.5, 0.6) is 5.75 Å². The highest BCUT2D eigenvalue weighted by atomic mass is 32.1. The second-order valence-electron chi connectivity index (χ2n) is 6.64. The second-order valence-corrected chi connectivity index (χ2v) is 7.03. The first-order valence-corrected chi connectivity index (χ1v) is 9.28. The molecule has 1 saturated heterocycles. The fourth-order valence-electron chi connectivity index (χ4n) is 3.46. The number of alkyl halides is 3. The number of nitrogens with one attached hydrogen (secondary N) is 3. The van der Waals surface area contributed by atoms with Crippen molar-refractivity contribution < 1.29 is 17.9 Å². The Hall–Kier alpha value is -2.69. The molecule has 1 fully saturated rings. The lowest BCUT2D eigenvalue weighted by Gasteiger charge is -2.16. The number of aromatic nitrogens is 3. The van der Waals surface area contributed by atoms with Crippen LogP contribution >= 0.6 is 12.2 Å². The van der Waals surface area contributed by atoms with Gasteiger partial charge in [0.15, 0.2) is 10.6 Å². The zero-order valence-corrected chi connectivity index (χ0v) is 16.1. The highest BCUT2D eigenvalue weighted by molar-refractivity contribution is 7.71. The van der Waals surface area contributed by atoms with Crippen molar-refractivity contribution in [1.82, 2.24) is 25.6 Å². The molecule has 3 aromatic rings. The van der Waals surface area contributed by atoms with E-state index in [0.717, 1.165) is 17.4 Å². The van der Waals surface area contributed by atoms with Crippen molar-refractivity contribution >= 4 is 12.2 Å². The Morgan fingerprint density at radius 1 is 1.07 bits per heavy atom. The van der Waals surface area contributed by atoms with Crippen molar-refractivity contribution in [2.24, 2.45) is 0 Å². The maximum atomic E-state index is 13.5. The van der Waals surface area contributed by atoms with Crippen molar-refractivity contribution in [3.8, 4) is 11.4 Å². The number of aromatic amines is 1. The first-order valence-electron chi connectivity index (χ1n) is 8.87. The maximum Gasteiger partial charge on any atom is 0.418 e. The summed E-state index contributed by atoms with van der Waals surface area (Å²) in [6, 6.07) is 12.6. The second kappa shape index (κ2) is 7.62. The van der Waals surface area contributed by atoms with E-state index >= 15 is 0 Å². The zero-order valence-electron chi connectivity index (χ0n) is 15.3. The van der Waals surface area contributed by atoms with Gasteiger partial charge in [0.1, 0.15) is 5.75 Å². The molecule has 4 rings (SSSR count). The molecule has 2 aromatic carbocycles. The van der Waals surface area contributed by atoms with Gasteiger partial charge in [-0.05, 0) is 48.5 Å². The lowest BCUT2D eigenvalue weighted by Crippen LogP contribution is -2.28. The summed E-state index contributed by atoms with van der Waals surface area (Å²) in [6.07, 6.45) is -3.92. The molecule has 1 aliphatic heterocycles. The van der Waals surface area contributed by atoms with Crippen molar-refractivity contribution in [1.29, 1.82) is 0 Å². The van der Waals surface area contributed by atoms with Crippen LogP contribution in [0.4, 0.5) is 13.2 Å². The molecule has 0 bridgehead atoms. The Morgan fingerprint density at radius 3 is 2.45 bits per heavy atom. The topological polar surface area (TPSA) is 66.9 Å². The van der Waals surface area contributed by atoms with Crippen LogP contribution in [0.15, 0.2) is 48.5 Å². The number of para-hydroxylation sites is 1. The predicted octanol–water partition coefficient (Wildman–Crippen LogP) is 4.24. The van der Waals surface area contributed by atoms with E-state index in [1.54, 1.807) is 13.2 Å². The van der Waals surface area contributed by atoms with Crippen molar-refractivity contribution in [2.75, 3.05) is 7.11 Å². The van der Waals surface area contributed by atoms with Crippen molar-refractivity contribution in [2.45, 2.75) is 24.7 Å². The molecule has 29 heavy (non-hydrogen) atoms. The Morgan fingerprint density at radius 2 is 1.76 bits per heavy atom. The third-order valence-corrected chi connectivity index (χ3v) is 5.16. The first-order chi connectivity index (χ1) is 13.9. The lowest BCUT2D eigenvalue weighted by atomic mass is 10.0. The number of methoxy groups -OCH3 is 1. The van der Waals surface area contributed by atoms with E-state index in [1.807, 2.05) is 24.3 Å². The Kier molecular flexibility index (Phi) is 5.15. The summed E-state index contributed by atoms with van der Waals surface area (Å²) in [5, 5.41) is 6.83. The van der Waals surface area contributed by atoms with Crippen LogP contribution in [0.25, 0.3) is 5.69 Å². The van der Waals surface area contributed by atoms with E-state index in [2.05, 4.69) is 21.0 Å². The lowest BCUT2D eigenvalue weighted by molar-refractivity contribution is -0.137. The highest BCUT2D eigenvalue weighted by Crippen LogP contribution is 2.36. The molecule has 2 unspecified atom stereocenters. The van der Waals surface area contributed by atoms with Crippen LogP contribution in [0.3, 0.4) is 0 Å². The predicted molar refractivity (Wildman–Crippen MR) is 103 cm³/mol. The van der Waals surface area contributed by atoms with Gasteiger partial charge in [0.2, 0.25) is 0 Å². The average Bonchev–Trinajstić information content (AvgIpc) is 3.34. The van der Waals surface area contributed by atoms with Gasteiger partial charge in [0.25, 0.3) is 0 Å². The van der Waals surface area contributed by atoms with Gasteiger partial charge in [-0.2, -0.15) is 18.3 Å². The number of rotatable bonds is 4. The van der Waals surface area contributed by atoms with Crippen molar-refractivity contribution in [3.63, 3.8) is 0 Å². The molecule has 0 amide bonds. The summed E-state index contributed by atoms with van der Waals surface area (Å²) in [4.78, 5) is 0. The molecular formula is C19H18F3N5OS. The standard InChI is InChI=1S/C19H18F3N5OS/c1-28-12-8-6-11(7-9-12)14-10-15(24-23-14)17-25-26-18(29)27(17)16-5-3-2-4-13(16)19(20,21)22/h2-9,14-15,23-24H,10H2,1H3,(H,26,29). The molecule has 152 valence electrons. The van der Waals surface area contributed by atoms with Gasteiger partial charge < -0.3 is 4.74 Å². The van der Waals surface area contributed by atoms with Crippen LogP contribution in [0.1, 0.15) is 35.5 Å². The number of hydrazine groups is 1. The van der Waals surface area contributed by atoms with Gasteiger partial charge in [-0.1, -0.05) is 24.3 Å². The number of H-pyrrole nitrogens is 1. The summed E-state index contributed by atoms with van der Waals surface area (Å²) in [5.41, 5.74) is 6.50. The summed E-state index contributed by atoms with van der Waals surface area (Å²) < 4.78 is 47.1. The average molecular weight is 421 g/mol. The zero-order chi connectivity index (χ0) is 20.6. The van der Waals surface area contributed by atoms with Crippen LogP contribution in [0, 0.1) is 4.77 Å². The fourth-order valence-corrected chi connectivity index (χ4v) is 3.70. The van der Waals surface area contributed by atoms with E-state index in [0.29, 0.717) is 12.2 Å². The van der Waals surface area contributed by atoms with Gasteiger partial charge in [-0.3, -0.25) is 9.67 Å². The molecule has 10 heteroatoms. The molecule has 1 aromatic heterocycles.